The number of carbonyl (C=O) groups excluding carboxylic acids is 2. The summed E-state index contributed by atoms with van der Waals surface area (Å²) in [6.07, 6.45) is 1.59. The minimum Gasteiger partial charge on any atom is -0.484 e. The number of nitrogens with one attached hydrogen (secondary N) is 2. The number of fused-ring (bicyclic) bond motifs is 1. The monoisotopic (exact) mass is 360 g/mol. The van der Waals surface area contributed by atoms with Crippen LogP contribution in [0.5, 0.6) is 5.75 Å². The summed E-state index contributed by atoms with van der Waals surface area (Å²) >= 11 is 0. The fourth-order valence-electron chi connectivity index (χ4n) is 2.78. The average molecular weight is 360 g/mol. The molecule has 0 aliphatic carbocycles. The van der Waals surface area contributed by atoms with Crippen LogP contribution >= 0.6 is 0 Å². The van der Waals surface area contributed by atoms with Crippen LogP contribution in [-0.2, 0) is 17.8 Å². The van der Waals surface area contributed by atoms with Crippen molar-refractivity contribution < 1.29 is 23.1 Å². The van der Waals surface area contributed by atoms with E-state index in [0.717, 1.165) is 36.6 Å². The number of hydrogen-bond acceptors (Lipinski definition) is 3. The van der Waals surface area contributed by atoms with Crippen molar-refractivity contribution in [3.05, 3.63) is 64.7 Å². The molecule has 1 aliphatic heterocycles. The molecule has 1 aliphatic rings. The third kappa shape index (κ3) is 4.56. The molecule has 2 aromatic rings. The molecule has 0 unspecified atom stereocenters. The minimum atomic E-state index is -0.695. The van der Waals surface area contributed by atoms with E-state index in [0.29, 0.717) is 23.4 Å². The summed E-state index contributed by atoms with van der Waals surface area (Å²) in [6, 6.07) is 8.16. The van der Waals surface area contributed by atoms with Crippen molar-refractivity contribution in [3.63, 3.8) is 0 Å². The number of carbonyl (C=O) groups is 2. The maximum atomic E-state index is 13.1. The van der Waals surface area contributed by atoms with Gasteiger partial charge in [0, 0.05) is 24.7 Å². The van der Waals surface area contributed by atoms with E-state index < -0.39 is 17.5 Å². The zero-order chi connectivity index (χ0) is 18.5. The molecule has 7 heteroatoms. The Labute approximate surface area is 149 Å². The molecule has 0 fully saturated rings. The Balaban J connectivity index is 1.54. The van der Waals surface area contributed by atoms with Crippen LogP contribution in [0.4, 0.5) is 8.78 Å². The van der Waals surface area contributed by atoms with E-state index in [4.69, 9.17) is 4.74 Å². The van der Waals surface area contributed by atoms with Crippen LogP contribution in [0.2, 0.25) is 0 Å². The van der Waals surface area contributed by atoms with Crippen molar-refractivity contribution in [2.24, 2.45) is 0 Å². The van der Waals surface area contributed by atoms with E-state index in [2.05, 4.69) is 10.6 Å². The summed E-state index contributed by atoms with van der Waals surface area (Å²) in [7, 11) is 0. The third-order valence-corrected chi connectivity index (χ3v) is 4.01. The lowest BCUT2D eigenvalue weighted by atomic mass is 10.0. The van der Waals surface area contributed by atoms with Crippen LogP contribution in [0.15, 0.2) is 36.4 Å². The standard InChI is InChI=1S/C19H18F2N2O3/c20-14-6-12(7-15(21)9-14)10-23-18(24)11-26-16-3-4-17-13(8-16)2-1-5-22-19(17)25/h3-4,6-9H,1-2,5,10-11H2,(H,22,25)(H,23,24). The highest BCUT2D eigenvalue weighted by Gasteiger charge is 2.15. The summed E-state index contributed by atoms with van der Waals surface area (Å²) in [5, 5.41) is 5.35. The summed E-state index contributed by atoms with van der Waals surface area (Å²) < 4.78 is 31.7. The lowest BCUT2D eigenvalue weighted by Crippen LogP contribution is -2.28. The maximum absolute atomic E-state index is 13.1. The van der Waals surface area contributed by atoms with Crippen molar-refractivity contribution >= 4 is 11.8 Å². The topological polar surface area (TPSA) is 67.4 Å². The normalized spacial score (nSPS) is 13.4. The second-order valence-corrected chi connectivity index (χ2v) is 6.02. The number of ether oxygens (including phenoxy) is 1. The number of amides is 2. The second kappa shape index (κ2) is 7.95. The maximum Gasteiger partial charge on any atom is 0.258 e. The molecule has 2 N–H and O–H groups in total. The lowest BCUT2D eigenvalue weighted by Gasteiger charge is -2.10. The molecule has 3 rings (SSSR count). The molecule has 0 aromatic heterocycles. The van der Waals surface area contributed by atoms with Crippen LogP contribution < -0.4 is 15.4 Å². The van der Waals surface area contributed by atoms with Crippen LogP contribution in [0.1, 0.15) is 27.9 Å². The fourth-order valence-corrected chi connectivity index (χ4v) is 2.78. The highest BCUT2D eigenvalue weighted by atomic mass is 19.1. The first kappa shape index (κ1) is 17.8. The fraction of sp³-hybridized carbons (Fsp3) is 0.263. The molecular weight excluding hydrogens is 342 g/mol. The van der Waals surface area contributed by atoms with Gasteiger partial charge in [-0.3, -0.25) is 9.59 Å². The molecular formula is C19H18F2N2O3. The molecule has 0 bridgehead atoms. The molecule has 0 radical (unpaired) electrons. The first-order valence-corrected chi connectivity index (χ1v) is 8.27. The average Bonchev–Trinajstić information content (AvgIpc) is 2.78. The predicted octanol–water partition coefficient (Wildman–Crippen LogP) is 2.34. The zero-order valence-corrected chi connectivity index (χ0v) is 14.0. The smallest absolute Gasteiger partial charge is 0.258 e. The molecule has 1 heterocycles. The Bertz CT molecular complexity index is 819. The molecule has 0 atom stereocenters. The summed E-state index contributed by atoms with van der Waals surface area (Å²) in [5.74, 6) is -1.42. The third-order valence-electron chi connectivity index (χ3n) is 4.01. The quantitative estimate of drug-likeness (QED) is 0.860. The molecule has 5 nitrogen and oxygen atoms in total. The first-order valence-electron chi connectivity index (χ1n) is 8.27. The highest BCUT2D eigenvalue weighted by Crippen LogP contribution is 2.21. The van der Waals surface area contributed by atoms with Gasteiger partial charge in [0.15, 0.2) is 6.61 Å². The van der Waals surface area contributed by atoms with Crippen LogP contribution in [0, 0.1) is 11.6 Å². The van der Waals surface area contributed by atoms with Crippen molar-refractivity contribution in [3.8, 4) is 5.75 Å². The highest BCUT2D eigenvalue weighted by molar-refractivity contribution is 5.96. The van der Waals surface area contributed by atoms with Crippen molar-refractivity contribution in [1.29, 1.82) is 0 Å². The van der Waals surface area contributed by atoms with E-state index >= 15 is 0 Å². The number of benzene rings is 2. The van der Waals surface area contributed by atoms with Gasteiger partial charge in [0.1, 0.15) is 17.4 Å². The number of hydrogen-bond donors (Lipinski definition) is 2. The first-order chi connectivity index (χ1) is 12.5. The van der Waals surface area contributed by atoms with E-state index in [1.807, 2.05) is 0 Å². The van der Waals surface area contributed by atoms with Gasteiger partial charge in [-0.15, -0.1) is 0 Å². The van der Waals surface area contributed by atoms with Gasteiger partial charge in [-0.25, -0.2) is 8.78 Å². The van der Waals surface area contributed by atoms with Gasteiger partial charge >= 0.3 is 0 Å². The molecule has 2 aromatic carbocycles. The van der Waals surface area contributed by atoms with E-state index in [9.17, 15) is 18.4 Å². The van der Waals surface area contributed by atoms with E-state index in [1.165, 1.54) is 0 Å². The van der Waals surface area contributed by atoms with Crippen LogP contribution in [0.3, 0.4) is 0 Å². The van der Waals surface area contributed by atoms with Crippen molar-refractivity contribution in [1.82, 2.24) is 10.6 Å². The van der Waals surface area contributed by atoms with Crippen molar-refractivity contribution in [2.75, 3.05) is 13.2 Å². The Morgan fingerprint density at radius 1 is 1.15 bits per heavy atom. The van der Waals surface area contributed by atoms with Gasteiger partial charge in [0.05, 0.1) is 0 Å². The summed E-state index contributed by atoms with van der Waals surface area (Å²) in [5.41, 5.74) is 1.83. The van der Waals surface area contributed by atoms with Gasteiger partial charge in [-0.1, -0.05) is 0 Å². The zero-order valence-electron chi connectivity index (χ0n) is 14.0. The lowest BCUT2D eigenvalue weighted by molar-refractivity contribution is -0.123. The molecule has 26 heavy (non-hydrogen) atoms. The van der Waals surface area contributed by atoms with Crippen molar-refractivity contribution in [2.45, 2.75) is 19.4 Å². The van der Waals surface area contributed by atoms with Crippen LogP contribution in [0.25, 0.3) is 0 Å². The van der Waals surface area contributed by atoms with Gasteiger partial charge in [0.25, 0.3) is 11.8 Å². The van der Waals surface area contributed by atoms with Gasteiger partial charge in [-0.2, -0.15) is 0 Å². The molecule has 0 saturated heterocycles. The summed E-state index contributed by atoms with van der Waals surface area (Å²) in [4.78, 5) is 23.7. The van der Waals surface area contributed by atoms with Gasteiger partial charge < -0.3 is 15.4 Å². The van der Waals surface area contributed by atoms with Gasteiger partial charge in [-0.05, 0) is 54.3 Å². The van der Waals surface area contributed by atoms with Crippen LogP contribution in [-0.4, -0.2) is 25.0 Å². The molecule has 0 saturated carbocycles. The number of rotatable bonds is 5. The second-order valence-electron chi connectivity index (χ2n) is 6.02. The molecule has 2 amide bonds. The van der Waals surface area contributed by atoms with E-state index in [1.54, 1.807) is 18.2 Å². The Hall–Kier alpha value is -2.96. The summed E-state index contributed by atoms with van der Waals surface area (Å²) in [6.45, 7) is 0.400. The van der Waals surface area contributed by atoms with Gasteiger partial charge in [0.2, 0.25) is 0 Å². The molecule has 136 valence electrons. The Kier molecular flexibility index (Phi) is 5.46. The predicted molar refractivity (Wildman–Crippen MR) is 90.8 cm³/mol. The Morgan fingerprint density at radius 2 is 1.92 bits per heavy atom. The number of halogens is 2. The Morgan fingerprint density at radius 3 is 2.69 bits per heavy atom. The number of aryl methyl sites for hydroxylation is 1. The minimum absolute atomic E-state index is 0.00122. The van der Waals surface area contributed by atoms with E-state index in [-0.39, 0.29) is 19.1 Å². The SMILES string of the molecule is O=C(COc1ccc2c(c1)CCCNC2=O)NCc1cc(F)cc(F)c1. The largest absolute Gasteiger partial charge is 0.484 e. The molecule has 0 spiro atoms.